The Kier molecular flexibility index (Phi) is 2.65. The maximum atomic E-state index is 5.64. The second kappa shape index (κ2) is 3.93. The molecule has 70 valence electrons. The van der Waals surface area contributed by atoms with Crippen molar-refractivity contribution in [2.24, 2.45) is 0 Å². The lowest BCUT2D eigenvalue weighted by Gasteiger charge is -2.29. The highest BCUT2D eigenvalue weighted by atomic mass is 16.5. The summed E-state index contributed by atoms with van der Waals surface area (Å²) in [6.45, 7) is 3.11. The predicted octanol–water partition coefficient (Wildman–Crippen LogP) is 2.97. The van der Waals surface area contributed by atoms with E-state index in [1.165, 1.54) is 18.4 Å². The van der Waals surface area contributed by atoms with Gasteiger partial charge in [-0.3, -0.25) is 0 Å². The fourth-order valence-corrected chi connectivity index (χ4v) is 2.06. The number of hydrogen-bond acceptors (Lipinski definition) is 1. The van der Waals surface area contributed by atoms with E-state index in [1.807, 2.05) is 0 Å². The van der Waals surface area contributed by atoms with E-state index >= 15 is 0 Å². The van der Waals surface area contributed by atoms with Crippen molar-refractivity contribution in [2.75, 3.05) is 6.61 Å². The Labute approximate surface area is 79.7 Å². The van der Waals surface area contributed by atoms with Crippen LogP contribution in [-0.2, 0) is 4.74 Å². The molecular weight excluding hydrogens is 160 g/mol. The zero-order valence-corrected chi connectivity index (χ0v) is 8.07. The van der Waals surface area contributed by atoms with E-state index in [4.69, 9.17) is 4.74 Å². The van der Waals surface area contributed by atoms with Crippen LogP contribution in [0.3, 0.4) is 0 Å². The van der Waals surface area contributed by atoms with Gasteiger partial charge >= 0.3 is 0 Å². The summed E-state index contributed by atoms with van der Waals surface area (Å²) in [5, 5.41) is 0. The van der Waals surface area contributed by atoms with Crippen LogP contribution in [0.15, 0.2) is 30.3 Å². The van der Waals surface area contributed by atoms with E-state index in [0.717, 1.165) is 6.61 Å². The van der Waals surface area contributed by atoms with E-state index in [0.29, 0.717) is 12.0 Å². The van der Waals surface area contributed by atoms with Crippen molar-refractivity contribution in [1.82, 2.24) is 0 Å². The van der Waals surface area contributed by atoms with Gasteiger partial charge in [0, 0.05) is 12.5 Å². The largest absolute Gasteiger partial charge is 0.378 e. The Morgan fingerprint density at radius 3 is 2.69 bits per heavy atom. The second-order valence-corrected chi connectivity index (χ2v) is 3.74. The fourth-order valence-electron chi connectivity index (χ4n) is 2.06. The van der Waals surface area contributed by atoms with Gasteiger partial charge in [-0.2, -0.15) is 0 Å². The molecule has 1 aliphatic rings. The van der Waals surface area contributed by atoms with E-state index in [9.17, 15) is 0 Å². The van der Waals surface area contributed by atoms with E-state index in [1.54, 1.807) is 0 Å². The first-order valence-corrected chi connectivity index (χ1v) is 5.04. The molecule has 0 saturated carbocycles. The van der Waals surface area contributed by atoms with Gasteiger partial charge < -0.3 is 4.74 Å². The van der Waals surface area contributed by atoms with Gasteiger partial charge in [-0.1, -0.05) is 30.3 Å². The normalized spacial score (nSPS) is 28.7. The molecule has 1 aliphatic heterocycles. The van der Waals surface area contributed by atoms with Crippen LogP contribution in [-0.4, -0.2) is 12.7 Å². The maximum absolute atomic E-state index is 5.64. The molecule has 0 aromatic heterocycles. The Bertz CT molecular complexity index is 255. The first kappa shape index (κ1) is 8.76. The fraction of sp³-hybridized carbons (Fsp3) is 0.500. The second-order valence-electron chi connectivity index (χ2n) is 3.74. The van der Waals surface area contributed by atoms with Crippen molar-refractivity contribution in [3.63, 3.8) is 0 Å². The molecule has 1 heteroatoms. The average molecular weight is 176 g/mol. The van der Waals surface area contributed by atoms with Crippen molar-refractivity contribution in [3.8, 4) is 0 Å². The molecule has 1 saturated heterocycles. The Morgan fingerprint density at radius 1 is 1.23 bits per heavy atom. The van der Waals surface area contributed by atoms with Crippen LogP contribution in [0.5, 0.6) is 0 Å². The topological polar surface area (TPSA) is 9.23 Å². The van der Waals surface area contributed by atoms with Gasteiger partial charge in [0.25, 0.3) is 0 Å². The smallest absolute Gasteiger partial charge is 0.0615 e. The van der Waals surface area contributed by atoms with E-state index in [-0.39, 0.29) is 0 Å². The third-order valence-electron chi connectivity index (χ3n) is 2.83. The molecule has 0 bridgehead atoms. The number of rotatable bonds is 1. The average Bonchev–Trinajstić information content (AvgIpc) is 2.20. The number of benzene rings is 1. The van der Waals surface area contributed by atoms with Gasteiger partial charge in [0.05, 0.1) is 6.10 Å². The highest BCUT2D eigenvalue weighted by molar-refractivity contribution is 5.20. The number of ether oxygens (including phenoxy) is 1. The minimum Gasteiger partial charge on any atom is -0.378 e. The molecule has 2 rings (SSSR count). The van der Waals surface area contributed by atoms with Crippen LogP contribution in [0, 0.1) is 0 Å². The Balaban J connectivity index is 2.15. The standard InChI is InChI=1S/C12H16O/c1-10-12(8-5-9-13-10)11-6-3-2-4-7-11/h2-4,6-7,10,12H,5,8-9H2,1H3. The lowest BCUT2D eigenvalue weighted by Crippen LogP contribution is -2.24. The minimum absolute atomic E-state index is 0.385. The van der Waals surface area contributed by atoms with Gasteiger partial charge in [0.2, 0.25) is 0 Å². The quantitative estimate of drug-likeness (QED) is 0.639. The van der Waals surface area contributed by atoms with Gasteiger partial charge in [-0.25, -0.2) is 0 Å². The lowest BCUT2D eigenvalue weighted by atomic mass is 9.88. The summed E-state index contributed by atoms with van der Waals surface area (Å²) in [6.07, 6.45) is 2.85. The summed E-state index contributed by atoms with van der Waals surface area (Å²) < 4.78 is 5.64. The Morgan fingerprint density at radius 2 is 2.00 bits per heavy atom. The summed E-state index contributed by atoms with van der Waals surface area (Å²) >= 11 is 0. The summed E-state index contributed by atoms with van der Waals surface area (Å²) in [4.78, 5) is 0. The summed E-state index contributed by atoms with van der Waals surface area (Å²) in [5.74, 6) is 0.606. The third-order valence-corrected chi connectivity index (χ3v) is 2.83. The van der Waals surface area contributed by atoms with Crippen LogP contribution >= 0.6 is 0 Å². The van der Waals surface area contributed by atoms with Crippen LogP contribution in [0.1, 0.15) is 31.2 Å². The first-order valence-electron chi connectivity index (χ1n) is 5.04. The molecule has 0 radical (unpaired) electrons. The molecule has 1 aromatic rings. The van der Waals surface area contributed by atoms with Crippen molar-refractivity contribution in [2.45, 2.75) is 31.8 Å². The van der Waals surface area contributed by atoms with Gasteiger partial charge in [0.15, 0.2) is 0 Å². The number of hydrogen-bond donors (Lipinski definition) is 0. The molecule has 0 aliphatic carbocycles. The van der Waals surface area contributed by atoms with E-state index in [2.05, 4.69) is 37.3 Å². The summed E-state index contributed by atoms with van der Waals surface area (Å²) in [6, 6.07) is 10.7. The molecule has 0 amide bonds. The summed E-state index contributed by atoms with van der Waals surface area (Å²) in [7, 11) is 0. The molecule has 1 fully saturated rings. The van der Waals surface area contributed by atoms with Gasteiger partial charge in [-0.05, 0) is 25.3 Å². The maximum Gasteiger partial charge on any atom is 0.0615 e. The first-order chi connectivity index (χ1) is 6.38. The monoisotopic (exact) mass is 176 g/mol. The molecule has 2 unspecified atom stereocenters. The minimum atomic E-state index is 0.385. The van der Waals surface area contributed by atoms with Crippen molar-refractivity contribution < 1.29 is 4.74 Å². The van der Waals surface area contributed by atoms with Crippen LogP contribution in [0.25, 0.3) is 0 Å². The summed E-state index contributed by atoms with van der Waals surface area (Å²) in [5.41, 5.74) is 1.43. The van der Waals surface area contributed by atoms with Crippen molar-refractivity contribution in [1.29, 1.82) is 0 Å². The third kappa shape index (κ3) is 1.92. The van der Waals surface area contributed by atoms with Crippen LogP contribution < -0.4 is 0 Å². The molecule has 0 N–H and O–H groups in total. The zero-order valence-electron chi connectivity index (χ0n) is 8.07. The highest BCUT2D eigenvalue weighted by Crippen LogP contribution is 2.30. The highest BCUT2D eigenvalue weighted by Gasteiger charge is 2.22. The SMILES string of the molecule is CC1OCCCC1c1ccccc1. The molecule has 2 atom stereocenters. The van der Waals surface area contributed by atoms with Crippen LogP contribution in [0.2, 0.25) is 0 Å². The molecule has 13 heavy (non-hydrogen) atoms. The molecule has 1 heterocycles. The van der Waals surface area contributed by atoms with Crippen LogP contribution in [0.4, 0.5) is 0 Å². The van der Waals surface area contributed by atoms with Crippen molar-refractivity contribution in [3.05, 3.63) is 35.9 Å². The molecule has 0 spiro atoms. The van der Waals surface area contributed by atoms with E-state index < -0.39 is 0 Å². The predicted molar refractivity (Wildman–Crippen MR) is 53.8 cm³/mol. The zero-order chi connectivity index (χ0) is 9.10. The molecule has 1 aromatic carbocycles. The molecule has 1 nitrogen and oxygen atoms in total. The molecular formula is C12H16O. The van der Waals surface area contributed by atoms with Crippen molar-refractivity contribution >= 4 is 0 Å². The lowest BCUT2D eigenvalue weighted by molar-refractivity contribution is 0.0115. The van der Waals surface area contributed by atoms with Gasteiger partial charge in [-0.15, -0.1) is 0 Å². The van der Waals surface area contributed by atoms with Gasteiger partial charge in [0.1, 0.15) is 0 Å². The Hall–Kier alpha value is -0.820.